The first-order valence-electron chi connectivity index (χ1n) is 7.84. The number of nitrogens with one attached hydrogen (secondary N) is 2. The van der Waals surface area contributed by atoms with E-state index in [-0.39, 0.29) is 22.4 Å². The van der Waals surface area contributed by atoms with E-state index in [4.69, 9.17) is 0 Å². The molecule has 0 aromatic heterocycles. The van der Waals surface area contributed by atoms with E-state index in [1.54, 1.807) is 0 Å². The van der Waals surface area contributed by atoms with Crippen molar-refractivity contribution >= 4 is 25.8 Å². The van der Waals surface area contributed by atoms with Gasteiger partial charge >= 0.3 is 0 Å². The van der Waals surface area contributed by atoms with E-state index in [1.807, 2.05) is 6.92 Å². The van der Waals surface area contributed by atoms with E-state index >= 15 is 0 Å². The maximum Gasteiger partial charge on any atom is 0.251 e. The van der Waals surface area contributed by atoms with Gasteiger partial charge in [0, 0.05) is 18.2 Å². The summed E-state index contributed by atoms with van der Waals surface area (Å²) in [5, 5.41) is 2.67. The summed E-state index contributed by atoms with van der Waals surface area (Å²) in [7, 11) is -6.64. The molecule has 1 unspecified atom stereocenters. The quantitative estimate of drug-likeness (QED) is 0.682. The second-order valence-corrected chi connectivity index (χ2v) is 9.84. The Kier molecular flexibility index (Phi) is 6.00. The Hall–Kier alpha value is -1.45. The van der Waals surface area contributed by atoms with Crippen LogP contribution in [-0.2, 0) is 19.9 Å². The minimum atomic E-state index is -3.57. The van der Waals surface area contributed by atoms with Crippen LogP contribution in [0.1, 0.15) is 36.5 Å². The van der Waals surface area contributed by atoms with Crippen molar-refractivity contribution in [1.29, 1.82) is 0 Å². The molecular weight excluding hydrogens is 352 g/mol. The van der Waals surface area contributed by atoms with Gasteiger partial charge in [-0.25, -0.2) is 21.6 Å². The zero-order valence-electron chi connectivity index (χ0n) is 13.5. The van der Waals surface area contributed by atoms with Gasteiger partial charge in [0.1, 0.15) is 0 Å². The molecule has 0 aliphatic carbocycles. The number of carbonyl (C=O) groups excluding carboxylic acids is 1. The molecule has 1 aliphatic heterocycles. The lowest BCUT2D eigenvalue weighted by molar-refractivity contribution is 0.0941. The minimum Gasteiger partial charge on any atom is -0.348 e. The predicted molar refractivity (Wildman–Crippen MR) is 91.1 cm³/mol. The Bertz CT molecular complexity index is 786. The van der Waals surface area contributed by atoms with Crippen LogP contribution >= 0.6 is 0 Å². The fourth-order valence-electron chi connectivity index (χ4n) is 2.43. The zero-order chi connectivity index (χ0) is 17.8. The molecule has 1 amide bonds. The lowest BCUT2D eigenvalue weighted by Crippen LogP contribution is -2.35. The highest BCUT2D eigenvalue weighted by Crippen LogP contribution is 2.14. The normalized spacial score (nSPS) is 20.0. The monoisotopic (exact) mass is 374 g/mol. The van der Waals surface area contributed by atoms with Gasteiger partial charge in [-0.15, -0.1) is 0 Å². The average Bonchev–Trinajstić information content (AvgIpc) is 2.86. The van der Waals surface area contributed by atoms with Gasteiger partial charge in [-0.1, -0.05) is 13.3 Å². The van der Waals surface area contributed by atoms with Crippen LogP contribution in [-0.4, -0.2) is 46.8 Å². The van der Waals surface area contributed by atoms with Gasteiger partial charge in [0.25, 0.3) is 5.91 Å². The van der Waals surface area contributed by atoms with Crippen LogP contribution in [0.15, 0.2) is 29.2 Å². The molecule has 1 aromatic rings. The van der Waals surface area contributed by atoms with E-state index in [1.165, 1.54) is 24.3 Å². The van der Waals surface area contributed by atoms with E-state index in [2.05, 4.69) is 10.0 Å². The lowest BCUT2D eigenvalue weighted by Gasteiger charge is -2.11. The molecule has 2 N–H and O–H groups in total. The smallest absolute Gasteiger partial charge is 0.251 e. The van der Waals surface area contributed by atoms with Crippen molar-refractivity contribution in [2.24, 2.45) is 0 Å². The molecule has 1 atom stereocenters. The lowest BCUT2D eigenvalue weighted by atomic mass is 10.2. The molecule has 1 saturated heterocycles. The Labute approximate surface area is 142 Å². The number of sulfone groups is 1. The molecule has 0 bridgehead atoms. The van der Waals surface area contributed by atoms with Gasteiger partial charge in [0.05, 0.1) is 16.4 Å². The van der Waals surface area contributed by atoms with Gasteiger partial charge in [-0.2, -0.15) is 0 Å². The Morgan fingerprint density at radius 3 is 2.46 bits per heavy atom. The number of sulfonamides is 1. The van der Waals surface area contributed by atoms with Crippen LogP contribution in [0, 0.1) is 0 Å². The highest BCUT2D eigenvalue weighted by atomic mass is 32.2. The number of hydrogen-bond donors (Lipinski definition) is 2. The molecule has 0 saturated carbocycles. The Morgan fingerprint density at radius 2 is 1.92 bits per heavy atom. The molecule has 0 radical (unpaired) electrons. The first-order valence-corrected chi connectivity index (χ1v) is 11.1. The van der Waals surface area contributed by atoms with Crippen LogP contribution in [0.25, 0.3) is 0 Å². The van der Waals surface area contributed by atoms with Crippen molar-refractivity contribution in [3.8, 4) is 0 Å². The third-order valence-corrected chi connectivity index (χ3v) is 7.06. The summed E-state index contributed by atoms with van der Waals surface area (Å²) in [6.07, 6.45) is 2.05. The topological polar surface area (TPSA) is 109 Å². The molecule has 24 heavy (non-hydrogen) atoms. The molecule has 1 heterocycles. The zero-order valence-corrected chi connectivity index (χ0v) is 15.1. The summed E-state index contributed by atoms with van der Waals surface area (Å²) in [5.74, 6) is -0.370. The van der Waals surface area contributed by atoms with Crippen molar-refractivity contribution in [3.63, 3.8) is 0 Å². The molecule has 0 spiro atoms. The summed E-state index contributed by atoms with van der Waals surface area (Å²) in [6, 6.07) is 5.20. The van der Waals surface area contributed by atoms with Crippen LogP contribution < -0.4 is 10.0 Å². The number of benzene rings is 1. The Balaban J connectivity index is 2.00. The standard InChI is InChI=1S/C15H22N2O5S2/c1-2-3-9-16-24(21,22)14-6-4-12(5-7-14)15(18)17-13-8-10-23(19,20)11-13/h4-7,13,16H,2-3,8-11H2,1H3,(H,17,18). The number of hydrogen-bond acceptors (Lipinski definition) is 5. The molecule has 9 heteroatoms. The van der Waals surface area contributed by atoms with Crippen molar-refractivity contribution in [2.75, 3.05) is 18.1 Å². The van der Waals surface area contributed by atoms with Crippen molar-refractivity contribution in [2.45, 2.75) is 37.1 Å². The van der Waals surface area contributed by atoms with Gasteiger partial charge in [0.2, 0.25) is 10.0 Å². The first kappa shape index (κ1) is 18.9. The van der Waals surface area contributed by atoms with Crippen LogP contribution in [0.3, 0.4) is 0 Å². The minimum absolute atomic E-state index is 0.0491. The highest BCUT2D eigenvalue weighted by Gasteiger charge is 2.29. The van der Waals surface area contributed by atoms with E-state index < -0.39 is 25.8 Å². The second-order valence-electron chi connectivity index (χ2n) is 5.85. The fourth-order valence-corrected chi connectivity index (χ4v) is 5.18. The van der Waals surface area contributed by atoms with Crippen LogP contribution in [0.5, 0.6) is 0 Å². The molecule has 134 valence electrons. The highest BCUT2D eigenvalue weighted by molar-refractivity contribution is 7.91. The number of rotatable bonds is 7. The second kappa shape index (κ2) is 7.62. The molecule has 2 rings (SSSR count). The molecule has 1 aromatic carbocycles. The maximum atomic E-state index is 12.1. The third kappa shape index (κ3) is 5.02. The van der Waals surface area contributed by atoms with E-state index in [0.717, 1.165) is 12.8 Å². The van der Waals surface area contributed by atoms with Gasteiger partial charge in [-0.05, 0) is 37.1 Å². The third-order valence-electron chi connectivity index (χ3n) is 3.82. The molecule has 1 aliphatic rings. The number of amides is 1. The van der Waals surface area contributed by atoms with Gasteiger partial charge in [0.15, 0.2) is 9.84 Å². The van der Waals surface area contributed by atoms with Gasteiger partial charge < -0.3 is 5.32 Å². The molecular formula is C15H22N2O5S2. The summed E-state index contributed by atoms with van der Waals surface area (Å²) in [5.41, 5.74) is 0.298. The Morgan fingerprint density at radius 1 is 1.25 bits per heavy atom. The predicted octanol–water partition coefficient (Wildman–Crippen LogP) is 0.682. The maximum absolute atomic E-state index is 12.1. The average molecular weight is 374 g/mol. The van der Waals surface area contributed by atoms with Crippen molar-refractivity contribution < 1.29 is 21.6 Å². The van der Waals surface area contributed by atoms with Crippen LogP contribution in [0.4, 0.5) is 0 Å². The van der Waals surface area contributed by atoms with Crippen molar-refractivity contribution in [3.05, 3.63) is 29.8 Å². The molecule has 7 nitrogen and oxygen atoms in total. The first-order chi connectivity index (χ1) is 11.2. The summed E-state index contributed by atoms with van der Waals surface area (Å²) >= 11 is 0. The van der Waals surface area contributed by atoms with Crippen molar-refractivity contribution in [1.82, 2.24) is 10.0 Å². The van der Waals surface area contributed by atoms with Crippen LogP contribution in [0.2, 0.25) is 0 Å². The summed E-state index contributed by atoms with van der Waals surface area (Å²) in [6.45, 7) is 2.34. The molecule has 1 fully saturated rings. The van der Waals surface area contributed by atoms with E-state index in [0.29, 0.717) is 18.5 Å². The SMILES string of the molecule is CCCCNS(=O)(=O)c1ccc(C(=O)NC2CCS(=O)(=O)C2)cc1. The van der Waals surface area contributed by atoms with E-state index in [9.17, 15) is 21.6 Å². The number of unbranched alkanes of at least 4 members (excludes halogenated alkanes) is 1. The summed E-state index contributed by atoms with van der Waals surface area (Å²) < 4.78 is 49.4. The van der Waals surface area contributed by atoms with Gasteiger partial charge in [-0.3, -0.25) is 4.79 Å². The largest absolute Gasteiger partial charge is 0.348 e. The fraction of sp³-hybridized carbons (Fsp3) is 0.533. The summed E-state index contributed by atoms with van der Waals surface area (Å²) in [4.78, 5) is 12.2. The number of carbonyl (C=O) groups is 1.